The summed E-state index contributed by atoms with van der Waals surface area (Å²) in [7, 11) is 0. The zero-order valence-electron chi connectivity index (χ0n) is 10.3. The van der Waals surface area contributed by atoms with Gasteiger partial charge in [-0.05, 0) is 38.7 Å². The molecular formula is C14H20FNO. The fourth-order valence-electron chi connectivity index (χ4n) is 2.35. The summed E-state index contributed by atoms with van der Waals surface area (Å²) in [5, 5.41) is 0. The molecule has 3 heteroatoms. The van der Waals surface area contributed by atoms with Gasteiger partial charge in [0.2, 0.25) is 0 Å². The van der Waals surface area contributed by atoms with E-state index in [9.17, 15) is 4.39 Å². The second-order valence-corrected chi connectivity index (χ2v) is 4.86. The first-order chi connectivity index (χ1) is 8.16. The molecule has 1 saturated heterocycles. The summed E-state index contributed by atoms with van der Waals surface area (Å²) in [4.78, 5) is 0. The Balaban J connectivity index is 2.02. The maximum absolute atomic E-state index is 13.7. The number of aryl methyl sites for hydroxylation is 1. The number of benzene rings is 1. The number of hydrogen-bond donors (Lipinski definition) is 1. The van der Waals surface area contributed by atoms with Crippen molar-refractivity contribution in [1.82, 2.24) is 0 Å². The molecule has 2 atom stereocenters. The highest BCUT2D eigenvalue weighted by Gasteiger charge is 2.20. The Hall–Kier alpha value is -0.930. The monoisotopic (exact) mass is 237 g/mol. The normalized spacial score (nSPS) is 22.4. The minimum Gasteiger partial charge on any atom is -0.378 e. The Morgan fingerprint density at radius 3 is 3.00 bits per heavy atom. The van der Waals surface area contributed by atoms with E-state index in [0.29, 0.717) is 12.0 Å². The van der Waals surface area contributed by atoms with Crippen LogP contribution in [0.15, 0.2) is 18.2 Å². The van der Waals surface area contributed by atoms with Gasteiger partial charge < -0.3 is 10.5 Å². The lowest BCUT2D eigenvalue weighted by Gasteiger charge is -2.25. The van der Waals surface area contributed by atoms with Crippen molar-refractivity contribution >= 4 is 0 Å². The fourth-order valence-corrected chi connectivity index (χ4v) is 2.35. The summed E-state index contributed by atoms with van der Waals surface area (Å²) in [5.74, 6) is -0.209. The summed E-state index contributed by atoms with van der Waals surface area (Å²) >= 11 is 0. The average Bonchev–Trinajstić information content (AvgIpc) is 2.33. The molecule has 0 aromatic heterocycles. The average molecular weight is 237 g/mol. The van der Waals surface area contributed by atoms with Gasteiger partial charge in [-0.1, -0.05) is 17.7 Å². The van der Waals surface area contributed by atoms with Gasteiger partial charge in [0, 0.05) is 18.2 Å². The molecule has 2 nitrogen and oxygen atoms in total. The van der Waals surface area contributed by atoms with Gasteiger partial charge in [0.15, 0.2) is 0 Å². The Morgan fingerprint density at radius 2 is 2.29 bits per heavy atom. The van der Waals surface area contributed by atoms with E-state index in [0.717, 1.165) is 25.0 Å². The molecular weight excluding hydrogens is 217 g/mol. The lowest BCUT2D eigenvalue weighted by molar-refractivity contribution is 0.00713. The summed E-state index contributed by atoms with van der Waals surface area (Å²) in [5.41, 5.74) is 7.73. The van der Waals surface area contributed by atoms with Crippen molar-refractivity contribution in [3.05, 3.63) is 35.1 Å². The predicted molar refractivity (Wildman–Crippen MR) is 66.3 cm³/mol. The van der Waals surface area contributed by atoms with E-state index in [1.807, 2.05) is 13.0 Å². The topological polar surface area (TPSA) is 35.2 Å². The van der Waals surface area contributed by atoms with Crippen LogP contribution < -0.4 is 5.73 Å². The quantitative estimate of drug-likeness (QED) is 0.876. The molecule has 0 spiro atoms. The van der Waals surface area contributed by atoms with Crippen LogP contribution in [0.3, 0.4) is 0 Å². The molecule has 2 N–H and O–H groups in total. The summed E-state index contributed by atoms with van der Waals surface area (Å²) < 4.78 is 19.3. The molecule has 0 bridgehead atoms. The Morgan fingerprint density at radius 1 is 1.47 bits per heavy atom. The maximum atomic E-state index is 13.7. The third-order valence-electron chi connectivity index (χ3n) is 3.34. The van der Waals surface area contributed by atoms with Gasteiger partial charge in [-0.2, -0.15) is 0 Å². The predicted octanol–water partition coefficient (Wildman–Crippen LogP) is 3.09. The highest BCUT2D eigenvalue weighted by molar-refractivity contribution is 5.26. The van der Waals surface area contributed by atoms with Gasteiger partial charge in [0.25, 0.3) is 0 Å². The van der Waals surface area contributed by atoms with Crippen LogP contribution in [-0.4, -0.2) is 12.7 Å². The molecule has 0 radical (unpaired) electrons. The van der Waals surface area contributed by atoms with Crippen molar-refractivity contribution in [3.63, 3.8) is 0 Å². The van der Waals surface area contributed by atoms with E-state index in [2.05, 4.69) is 0 Å². The molecule has 1 heterocycles. The van der Waals surface area contributed by atoms with E-state index in [1.54, 1.807) is 6.07 Å². The highest BCUT2D eigenvalue weighted by atomic mass is 19.1. The minimum absolute atomic E-state index is 0.193. The van der Waals surface area contributed by atoms with Crippen LogP contribution in [0.4, 0.5) is 4.39 Å². The summed E-state index contributed by atoms with van der Waals surface area (Å²) in [6.07, 6.45) is 4.26. The number of hydrogen-bond acceptors (Lipinski definition) is 2. The van der Waals surface area contributed by atoms with Crippen LogP contribution in [0.2, 0.25) is 0 Å². The van der Waals surface area contributed by atoms with Crippen LogP contribution in [0.5, 0.6) is 0 Å². The van der Waals surface area contributed by atoms with E-state index in [4.69, 9.17) is 10.5 Å². The van der Waals surface area contributed by atoms with Gasteiger partial charge in [0.05, 0.1) is 6.10 Å². The Labute approximate surface area is 102 Å². The van der Waals surface area contributed by atoms with Crippen LogP contribution in [0.1, 0.15) is 42.9 Å². The molecule has 94 valence electrons. The lowest BCUT2D eigenvalue weighted by atomic mass is 9.96. The van der Waals surface area contributed by atoms with Gasteiger partial charge in [-0.15, -0.1) is 0 Å². The highest BCUT2D eigenvalue weighted by Crippen LogP contribution is 2.25. The number of nitrogens with two attached hydrogens (primary N) is 1. The largest absolute Gasteiger partial charge is 0.378 e. The van der Waals surface area contributed by atoms with Crippen molar-refractivity contribution < 1.29 is 9.13 Å². The van der Waals surface area contributed by atoms with Gasteiger partial charge >= 0.3 is 0 Å². The molecule has 2 rings (SSSR count). The van der Waals surface area contributed by atoms with Gasteiger partial charge in [-0.25, -0.2) is 4.39 Å². The van der Waals surface area contributed by atoms with Crippen molar-refractivity contribution in [2.75, 3.05) is 6.61 Å². The standard InChI is InChI=1S/C14H20FNO/c1-10-5-6-13(15)12(8-10)14(16)9-11-4-2-3-7-17-11/h5-6,8,11,14H,2-4,7,9,16H2,1H3. The van der Waals surface area contributed by atoms with Crippen LogP contribution in [-0.2, 0) is 4.74 Å². The van der Waals surface area contributed by atoms with E-state index in [-0.39, 0.29) is 18.0 Å². The SMILES string of the molecule is Cc1ccc(F)c(C(N)CC2CCCCO2)c1. The molecule has 1 aromatic carbocycles. The van der Waals surface area contributed by atoms with Gasteiger partial charge in [0.1, 0.15) is 5.82 Å². The first kappa shape index (κ1) is 12.5. The molecule has 1 aliphatic rings. The van der Waals surface area contributed by atoms with E-state index in [1.165, 1.54) is 12.5 Å². The molecule has 2 unspecified atom stereocenters. The van der Waals surface area contributed by atoms with E-state index < -0.39 is 0 Å². The van der Waals surface area contributed by atoms with Crippen LogP contribution in [0.25, 0.3) is 0 Å². The number of halogens is 1. The molecule has 1 aromatic rings. The molecule has 1 aliphatic heterocycles. The van der Waals surface area contributed by atoms with Crippen LogP contribution in [0, 0.1) is 12.7 Å². The second-order valence-electron chi connectivity index (χ2n) is 4.86. The smallest absolute Gasteiger partial charge is 0.127 e. The number of ether oxygens (including phenoxy) is 1. The second kappa shape index (κ2) is 5.61. The molecule has 0 amide bonds. The lowest BCUT2D eigenvalue weighted by Crippen LogP contribution is -2.25. The Kier molecular flexibility index (Phi) is 4.13. The zero-order valence-corrected chi connectivity index (χ0v) is 10.3. The fraction of sp³-hybridized carbons (Fsp3) is 0.571. The first-order valence-corrected chi connectivity index (χ1v) is 6.30. The summed E-state index contributed by atoms with van der Waals surface area (Å²) in [6, 6.07) is 4.83. The van der Waals surface area contributed by atoms with Crippen molar-refractivity contribution in [3.8, 4) is 0 Å². The Bertz CT molecular complexity index is 374. The molecule has 0 saturated carbocycles. The number of rotatable bonds is 3. The van der Waals surface area contributed by atoms with E-state index >= 15 is 0 Å². The van der Waals surface area contributed by atoms with Crippen molar-refractivity contribution in [1.29, 1.82) is 0 Å². The summed E-state index contributed by atoms with van der Waals surface area (Å²) in [6.45, 7) is 2.76. The van der Waals surface area contributed by atoms with Crippen molar-refractivity contribution in [2.45, 2.75) is 44.8 Å². The third kappa shape index (κ3) is 3.27. The minimum atomic E-state index is -0.266. The maximum Gasteiger partial charge on any atom is 0.127 e. The first-order valence-electron chi connectivity index (χ1n) is 6.30. The van der Waals surface area contributed by atoms with Gasteiger partial charge in [-0.3, -0.25) is 0 Å². The molecule has 0 aliphatic carbocycles. The molecule has 1 fully saturated rings. The van der Waals surface area contributed by atoms with Crippen LogP contribution >= 0.6 is 0 Å². The van der Waals surface area contributed by atoms with Crippen molar-refractivity contribution in [2.24, 2.45) is 5.73 Å². The zero-order chi connectivity index (χ0) is 12.3. The molecule has 17 heavy (non-hydrogen) atoms. The third-order valence-corrected chi connectivity index (χ3v) is 3.34.